The fourth-order valence-corrected chi connectivity index (χ4v) is 6.29. The minimum Gasteiger partial charge on any atom is -0.396 e. The molecule has 0 aliphatic carbocycles. The number of hydrogen-bond acceptors (Lipinski definition) is 9. The van der Waals surface area contributed by atoms with Gasteiger partial charge in [-0.15, -0.1) is 5.10 Å². The van der Waals surface area contributed by atoms with Gasteiger partial charge in [-0.1, -0.05) is 0 Å². The zero-order valence-corrected chi connectivity index (χ0v) is 24.3. The van der Waals surface area contributed by atoms with E-state index in [0.717, 1.165) is 41.9 Å². The van der Waals surface area contributed by atoms with E-state index in [0.29, 0.717) is 48.0 Å². The number of anilines is 3. The lowest BCUT2D eigenvalue weighted by atomic mass is 9.96. The van der Waals surface area contributed by atoms with Crippen LogP contribution in [0.1, 0.15) is 25.0 Å². The predicted octanol–water partition coefficient (Wildman–Crippen LogP) is 3.15. The number of nitrogens with zero attached hydrogens (tertiary/aromatic N) is 6. The molecule has 0 saturated carbocycles. The number of likely N-dealkylation sites (tertiary alicyclic amines) is 2. The van der Waals surface area contributed by atoms with Gasteiger partial charge in [0.15, 0.2) is 11.6 Å². The molecule has 2 aliphatic heterocycles. The monoisotopic (exact) mass is 589 g/mol. The van der Waals surface area contributed by atoms with Gasteiger partial charge in [-0.2, -0.15) is 5.10 Å². The number of aromatic nitrogens is 5. The summed E-state index contributed by atoms with van der Waals surface area (Å²) in [6.07, 6.45) is 4.36. The summed E-state index contributed by atoms with van der Waals surface area (Å²) >= 11 is 1.42. The van der Waals surface area contributed by atoms with Crippen LogP contribution in [0.2, 0.25) is 0 Å². The standard InChI is InChI=1S/C29H35N9O3S/c1-19-15-25(34-33-19)31-27-24-3-2-11-38(24)35-29(32-27)42-23-6-4-22(5-7-23)30-26(40)17-36-12-10-21(16-36)28(41)37-13-8-20(18-39)9-14-37/h2-7,11,15,20-21,39H,8-10,12-14,16-18H2,1H3,(H,30,40)(H2,31,32,33,34,35). The van der Waals surface area contributed by atoms with Crippen molar-refractivity contribution in [3.8, 4) is 0 Å². The van der Waals surface area contributed by atoms with Gasteiger partial charge in [0.2, 0.25) is 17.0 Å². The molecule has 13 heteroatoms. The number of benzene rings is 1. The number of carbonyl (C=O) groups is 2. The van der Waals surface area contributed by atoms with Crippen molar-refractivity contribution in [1.29, 1.82) is 0 Å². The van der Waals surface area contributed by atoms with Crippen LogP contribution in [0.5, 0.6) is 0 Å². The SMILES string of the molecule is Cc1cc(Nc2nc(Sc3ccc(NC(=O)CN4CCC(C(=O)N5CCC(CO)CC5)C4)cc3)nn3cccc23)n[nH]1. The van der Waals surface area contributed by atoms with Crippen LogP contribution >= 0.6 is 11.8 Å². The molecule has 4 aromatic rings. The first-order valence-electron chi connectivity index (χ1n) is 14.3. The fraction of sp³-hybridized carbons (Fsp3) is 0.414. The second kappa shape index (κ2) is 12.5. The van der Waals surface area contributed by atoms with Crippen LogP contribution in [-0.2, 0) is 9.59 Å². The Morgan fingerprint density at radius 3 is 2.67 bits per heavy atom. The molecule has 1 unspecified atom stereocenters. The quantitative estimate of drug-likeness (QED) is 0.231. The Hall–Kier alpha value is -3.94. The number of H-pyrrole nitrogens is 1. The van der Waals surface area contributed by atoms with Gasteiger partial charge in [0, 0.05) is 54.8 Å². The first kappa shape index (κ1) is 28.2. The average molecular weight is 590 g/mol. The number of amides is 2. The summed E-state index contributed by atoms with van der Waals surface area (Å²) in [5.41, 5.74) is 2.50. The summed E-state index contributed by atoms with van der Waals surface area (Å²) in [6.45, 7) is 5.15. The third kappa shape index (κ3) is 6.58. The molecule has 1 aromatic carbocycles. The summed E-state index contributed by atoms with van der Waals surface area (Å²) in [6, 6.07) is 13.4. The highest BCUT2D eigenvalue weighted by Gasteiger charge is 2.33. The lowest BCUT2D eigenvalue weighted by Gasteiger charge is -2.32. The molecule has 2 aliphatic rings. The van der Waals surface area contributed by atoms with Gasteiger partial charge in [-0.25, -0.2) is 9.50 Å². The van der Waals surface area contributed by atoms with Gasteiger partial charge < -0.3 is 20.6 Å². The summed E-state index contributed by atoms with van der Waals surface area (Å²) in [5.74, 6) is 1.66. The molecule has 5 heterocycles. The smallest absolute Gasteiger partial charge is 0.238 e. The molecule has 12 nitrogen and oxygen atoms in total. The molecule has 42 heavy (non-hydrogen) atoms. The number of aliphatic hydroxyl groups is 1. The summed E-state index contributed by atoms with van der Waals surface area (Å²) in [5, 5.41) is 27.9. The van der Waals surface area contributed by atoms with Crippen molar-refractivity contribution in [2.45, 2.75) is 36.2 Å². The summed E-state index contributed by atoms with van der Waals surface area (Å²) in [7, 11) is 0. The van der Waals surface area contributed by atoms with Crippen molar-refractivity contribution in [2.75, 3.05) is 50.0 Å². The Morgan fingerprint density at radius 1 is 1.12 bits per heavy atom. The van der Waals surface area contributed by atoms with Gasteiger partial charge in [-0.3, -0.25) is 19.6 Å². The number of aryl methyl sites for hydroxylation is 1. The third-order valence-corrected chi connectivity index (χ3v) is 8.71. The van der Waals surface area contributed by atoms with Crippen molar-refractivity contribution in [1.82, 2.24) is 34.6 Å². The molecular formula is C29H35N9O3S. The summed E-state index contributed by atoms with van der Waals surface area (Å²) < 4.78 is 1.78. The van der Waals surface area contributed by atoms with E-state index in [-0.39, 0.29) is 30.9 Å². The van der Waals surface area contributed by atoms with Crippen molar-refractivity contribution in [2.24, 2.45) is 11.8 Å². The highest BCUT2D eigenvalue weighted by atomic mass is 32.2. The molecule has 2 fully saturated rings. The number of hydrogen-bond donors (Lipinski definition) is 4. The Labute approximate surface area is 247 Å². The highest BCUT2D eigenvalue weighted by molar-refractivity contribution is 7.99. The largest absolute Gasteiger partial charge is 0.396 e. The lowest BCUT2D eigenvalue weighted by molar-refractivity contribution is -0.136. The van der Waals surface area contributed by atoms with E-state index < -0.39 is 0 Å². The van der Waals surface area contributed by atoms with Crippen LogP contribution in [-0.4, -0.2) is 90.8 Å². The van der Waals surface area contributed by atoms with E-state index in [2.05, 4.69) is 25.9 Å². The second-order valence-electron chi connectivity index (χ2n) is 11.0. The first-order chi connectivity index (χ1) is 20.4. The molecule has 4 N–H and O–H groups in total. The predicted molar refractivity (Wildman–Crippen MR) is 160 cm³/mol. The Morgan fingerprint density at radius 2 is 1.93 bits per heavy atom. The van der Waals surface area contributed by atoms with Crippen molar-refractivity contribution < 1.29 is 14.7 Å². The van der Waals surface area contributed by atoms with E-state index in [1.165, 1.54) is 11.8 Å². The number of carbonyl (C=O) groups excluding carboxylic acids is 2. The normalized spacial score (nSPS) is 18.0. The average Bonchev–Trinajstić information content (AvgIpc) is 3.75. The van der Waals surface area contributed by atoms with E-state index in [4.69, 9.17) is 4.98 Å². The molecule has 0 bridgehead atoms. The number of aromatic amines is 1. The summed E-state index contributed by atoms with van der Waals surface area (Å²) in [4.78, 5) is 35.3. The molecule has 2 amide bonds. The molecule has 220 valence electrons. The Balaban J connectivity index is 1.01. The first-order valence-corrected chi connectivity index (χ1v) is 15.1. The number of piperidine rings is 1. The minimum atomic E-state index is -0.0991. The lowest BCUT2D eigenvalue weighted by Crippen LogP contribution is -2.43. The maximum Gasteiger partial charge on any atom is 0.238 e. The Kier molecular flexibility index (Phi) is 8.40. The topological polar surface area (TPSA) is 144 Å². The molecule has 1 atom stereocenters. The van der Waals surface area contributed by atoms with Gasteiger partial charge in [-0.05, 0) is 86.8 Å². The zero-order chi connectivity index (χ0) is 29.1. The number of aliphatic hydroxyl groups excluding tert-OH is 1. The minimum absolute atomic E-state index is 0.0631. The van der Waals surface area contributed by atoms with Gasteiger partial charge >= 0.3 is 0 Å². The maximum absolute atomic E-state index is 12.9. The van der Waals surface area contributed by atoms with Crippen molar-refractivity contribution >= 4 is 46.4 Å². The number of nitrogens with one attached hydrogen (secondary N) is 3. The highest BCUT2D eigenvalue weighted by Crippen LogP contribution is 2.29. The van der Waals surface area contributed by atoms with Gasteiger partial charge in [0.05, 0.1) is 12.5 Å². The number of fused-ring (bicyclic) bond motifs is 1. The van der Waals surface area contributed by atoms with E-state index in [1.807, 2.05) is 65.4 Å². The zero-order valence-electron chi connectivity index (χ0n) is 23.5. The van der Waals surface area contributed by atoms with Crippen LogP contribution in [0, 0.1) is 18.8 Å². The maximum atomic E-state index is 12.9. The molecule has 2 saturated heterocycles. The van der Waals surface area contributed by atoms with E-state index >= 15 is 0 Å². The van der Waals surface area contributed by atoms with Crippen LogP contribution in [0.3, 0.4) is 0 Å². The van der Waals surface area contributed by atoms with E-state index in [1.54, 1.807) is 4.52 Å². The van der Waals surface area contributed by atoms with Gasteiger partial charge in [0.25, 0.3) is 0 Å². The van der Waals surface area contributed by atoms with Crippen molar-refractivity contribution in [3.63, 3.8) is 0 Å². The van der Waals surface area contributed by atoms with Gasteiger partial charge in [0.1, 0.15) is 5.52 Å². The van der Waals surface area contributed by atoms with Crippen LogP contribution in [0.4, 0.5) is 17.3 Å². The molecule has 0 spiro atoms. The van der Waals surface area contributed by atoms with Crippen LogP contribution in [0.15, 0.2) is 58.7 Å². The molecular weight excluding hydrogens is 554 g/mol. The molecule has 0 radical (unpaired) electrons. The third-order valence-electron chi connectivity index (χ3n) is 7.84. The van der Waals surface area contributed by atoms with E-state index in [9.17, 15) is 14.7 Å². The molecule has 3 aromatic heterocycles. The second-order valence-corrected chi connectivity index (χ2v) is 12.0. The fourth-order valence-electron chi connectivity index (χ4n) is 5.54. The molecule has 6 rings (SSSR count). The Bertz CT molecular complexity index is 1550. The van der Waals surface area contributed by atoms with Crippen LogP contribution < -0.4 is 10.6 Å². The van der Waals surface area contributed by atoms with Crippen molar-refractivity contribution in [3.05, 3.63) is 54.4 Å². The number of rotatable bonds is 9. The van der Waals surface area contributed by atoms with Crippen LogP contribution in [0.25, 0.3) is 5.52 Å².